The highest BCUT2D eigenvalue weighted by Crippen LogP contribution is 2.29. The Bertz CT molecular complexity index is 805. The predicted molar refractivity (Wildman–Crippen MR) is 117 cm³/mol. The third-order valence-electron chi connectivity index (χ3n) is 4.28. The Morgan fingerprint density at radius 3 is 2.31 bits per heavy atom. The number of phenolic OH excluding ortho intramolecular Hbond substituents is 1. The Morgan fingerprint density at radius 2 is 1.75 bits per heavy atom. The van der Waals surface area contributed by atoms with E-state index in [0.717, 1.165) is 6.42 Å². The summed E-state index contributed by atoms with van der Waals surface area (Å²) in [6, 6.07) is 4.91. The number of methoxy groups -OCH3 is 1. The molecular formula is C22H33N3O7. The van der Waals surface area contributed by atoms with Crippen LogP contribution in [-0.4, -0.2) is 66.2 Å². The second-order valence-electron chi connectivity index (χ2n) is 8.05. The molecule has 0 aliphatic carbocycles. The van der Waals surface area contributed by atoms with E-state index >= 15 is 0 Å². The van der Waals surface area contributed by atoms with Crippen LogP contribution in [0.1, 0.15) is 52.1 Å². The average Bonchev–Trinajstić information content (AvgIpc) is 2.72. The van der Waals surface area contributed by atoms with Crippen molar-refractivity contribution in [2.45, 2.75) is 52.2 Å². The molecule has 32 heavy (non-hydrogen) atoms. The fourth-order valence-corrected chi connectivity index (χ4v) is 2.79. The number of alkyl carbamates (subject to hydrolysis) is 1. The zero-order valence-corrected chi connectivity index (χ0v) is 19.3. The van der Waals surface area contributed by atoms with Gasteiger partial charge in [0.15, 0.2) is 0 Å². The summed E-state index contributed by atoms with van der Waals surface area (Å²) >= 11 is 0. The minimum atomic E-state index is -1.22. The van der Waals surface area contributed by atoms with Crippen LogP contribution in [0.5, 0.6) is 5.75 Å². The van der Waals surface area contributed by atoms with E-state index in [9.17, 15) is 24.3 Å². The summed E-state index contributed by atoms with van der Waals surface area (Å²) in [5, 5.41) is 15.2. The highest BCUT2D eigenvalue weighted by atomic mass is 16.6. The minimum absolute atomic E-state index is 0.180. The van der Waals surface area contributed by atoms with Gasteiger partial charge in [0.25, 0.3) is 0 Å². The zero-order valence-electron chi connectivity index (χ0n) is 19.3. The summed E-state index contributed by atoms with van der Waals surface area (Å²) in [5.74, 6) is -2.06. The number of ether oxygens (including phenoxy) is 2. The van der Waals surface area contributed by atoms with Crippen molar-refractivity contribution >= 4 is 23.9 Å². The van der Waals surface area contributed by atoms with Crippen molar-refractivity contribution in [3.05, 3.63) is 29.8 Å². The van der Waals surface area contributed by atoms with Gasteiger partial charge in [0.05, 0.1) is 7.11 Å². The van der Waals surface area contributed by atoms with Crippen LogP contribution in [0.3, 0.4) is 0 Å². The SMILES string of the molecule is CCCCN(C(=O)CNC(=O)OC(C)(C)C)C(C(=O)NCC(=O)OC)c1ccccc1O. The Labute approximate surface area is 188 Å². The van der Waals surface area contributed by atoms with E-state index in [1.165, 1.54) is 24.1 Å². The lowest BCUT2D eigenvalue weighted by atomic mass is 10.0. The summed E-state index contributed by atoms with van der Waals surface area (Å²) in [6.45, 7) is 6.40. The fourth-order valence-electron chi connectivity index (χ4n) is 2.79. The van der Waals surface area contributed by atoms with E-state index in [0.29, 0.717) is 6.42 Å². The van der Waals surface area contributed by atoms with Gasteiger partial charge in [0, 0.05) is 12.1 Å². The Kier molecular flexibility index (Phi) is 10.5. The molecule has 10 nitrogen and oxygen atoms in total. The first-order valence-electron chi connectivity index (χ1n) is 10.4. The third-order valence-corrected chi connectivity index (χ3v) is 4.28. The van der Waals surface area contributed by atoms with Gasteiger partial charge in [-0.3, -0.25) is 14.4 Å². The monoisotopic (exact) mass is 451 g/mol. The van der Waals surface area contributed by atoms with Gasteiger partial charge < -0.3 is 30.1 Å². The lowest BCUT2D eigenvalue weighted by Gasteiger charge is -2.32. The number of benzene rings is 1. The van der Waals surface area contributed by atoms with Crippen molar-refractivity contribution in [2.24, 2.45) is 0 Å². The molecule has 0 saturated carbocycles. The number of unbranched alkanes of at least 4 members (excludes halogenated alkanes) is 1. The summed E-state index contributed by atoms with van der Waals surface area (Å²) in [7, 11) is 1.19. The largest absolute Gasteiger partial charge is 0.508 e. The number of esters is 1. The molecule has 1 atom stereocenters. The summed E-state index contributed by atoms with van der Waals surface area (Å²) in [4.78, 5) is 50.8. The van der Waals surface area contributed by atoms with Gasteiger partial charge in [-0.25, -0.2) is 4.79 Å². The molecule has 0 bridgehead atoms. The van der Waals surface area contributed by atoms with Gasteiger partial charge in [-0.2, -0.15) is 0 Å². The maximum atomic E-state index is 13.0. The lowest BCUT2D eigenvalue weighted by Crippen LogP contribution is -2.48. The normalized spacial score (nSPS) is 11.8. The molecule has 0 aliphatic rings. The number of nitrogens with one attached hydrogen (secondary N) is 2. The van der Waals surface area contributed by atoms with Crippen LogP contribution < -0.4 is 10.6 Å². The second kappa shape index (κ2) is 12.5. The third kappa shape index (κ3) is 8.83. The predicted octanol–water partition coefficient (Wildman–Crippen LogP) is 1.88. The standard InChI is InChI=1S/C22H33N3O7/c1-6-7-12-25(17(27)13-24-21(30)32-22(2,3)4)19(15-10-8-9-11-16(15)26)20(29)23-14-18(28)31-5/h8-11,19,26H,6-7,12-14H2,1-5H3,(H,23,29)(H,24,30). The number of amides is 3. The van der Waals surface area contributed by atoms with Crippen molar-refractivity contribution in [2.75, 3.05) is 26.7 Å². The van der Waals surface area contributed by atoms with Crippen molar-refractivity contribution in [1.29, 1.82) is 0 Å². The van der Waals surface area contributed by atoms with Crippen LogP contribution >= 0.6 is 0 Å². The van der Waals surface area contributed by atoms with Gasteiger partial charge in [-0.15, -0.1) is 0 Å². The van der Waals surface area contributed by atoms with Crippen molar-refractivity contribution < 1.29 is 33.8 Å². The molecule has 0 spiro atoms. The molecule has 0 aliphatic heterocycles. The van der Waals surface area contributed by atoms with Crippen LogP contribution in [0.4, 0.5) is 4.79 Å². The van der Waals surface area contributed by atoms with Crippen LogP contribution in [0.25, 0.3) is 0 Å². The molecule has 3 N–H and O–H groups in total. The number of nitrogens with zero attached hydrogens (tertiary/aromatic N) is 1. The molecule has 0 heterocycles. The maximum Gasteiger partial charge on any atom is 0.408 e. The number of para-hydroxylation sites is 1. The molecule has 10 heteroatoms. The summed E-state index contributed by atoms with van der Waals surface area (Å²) in [5.41, 5.74) is -0.544. The van der Waals surface area contributed by atoms with E-state index in [4.69, 9.17) is 4.74 Å². The molecule has 1 aromatic carbocycles. The average molecular weight is 452 g/mol. The Morgan fingerprint density at radius 1 is 1.09 bits per heavy atom. The Hall–Kier alpha value is -3.30. The Balaban J connectivity index is 3.17. The van der Waals surface area contributed by atoms with Gasteiger partial charge >= 0.3 is 12.1 Å². The van der Waals surface area contributed by atoms with Crippen molar-refractivity contribution in [1.82, 2.24) is 15.5 Å². The number of phenols is 1. The molecule has 0 aromatic heterocycles. The minimum Gasteiger partial charge on any atom is -0.508 e. The first kappa shape index (κ1) is 26.7. The van der Waals surface area contributed by atoms with Crippen LogP contribution in [0.15, 0.2) is 24.3 Å². The molecule has 178 valence electrons. The quantitative estimate of drug-likeness (QED) is 0.462. The maximum absolute atomic E-state index is 13.0. The summed E-state index contributed by atoms with van der Waals surface area (Å²) in [6.07, 6.45) is 0.545. The van der Waals surface area contributed by atoms with Gasteiger partial charge in [0.2, 0.25) is 11.8 Å². The number of hydrogen-bond donors (Lipinski definition) is 3. The molecule has 1 unspecified atom stereocenters. The fraction of sp³-hybridized carbons (Fsp3) is 0.545. The molecule has 0 radical (unpaired) electrons. The smallest absolute Gasteiger partial charge is 0.408 e. The topological polar surface area (TPSA) is 134 Å². The molecule has 0 fully saturated rings. The van der Waals surface area contributed by atoms with Gasteiger partial charge in [-0.1, -0.05) is 31.5 Å². The van der Waals surface area contributed by atoms with E-state index in [1.54, 1.807) is 32.9 Å². The van der Waals surface area contributed by atoms with E-state index in [1.807, 2.05) is 6.92 Å². The number of carbonyl (C=O) groups excluding carboxylic acids is 4. The zero-order chi connectivity index (χ0) is 24.3. The highest BCUT2D eigenvalue weighted by Gasteiger charge is 2.33. The van der Waals surface area contributed by atoms with E-state index in [-0.39, 0.29) is 17.9 Å². The molecular weight excluding hydrogens is 418 g/mol. The van der Waals surface area contributed by atoms with E-state index in [2.05, 4.69) is 15.4 Å². The van der Waals surface area contributed by atoms with Crippen LogP contribution in [0, 0.1) is 0 Å². The molecule has 1 rings (SSSR count). The first-order chi connectivity index (χ1) is 15.0. The number of rotatable bonds is 10. The summed E-state index contributed by atoms with van der Waals surface area (Å²) < 4.78 is 9.69. The molecule has 0 saturated heterocycles. The van der Waals surface area contributed by atoms with Crippen molar-refractivity contribution in [3.63, 3.8) is 0 Å². The van der Waals surface area contributed by atoms with Crippen LogP contribution in [-0.2, 0) is 23.9 Å². The van der Waals surface area contributed by atoms with Gasteiger partial charge in [-0.05, 0) is 33.3 Å². The lowest BCUT2D eigenvalue weighted by molar-refractivity contribution is -0.143. The molecule has 3 amide bonds. The number of hydrogen-bond acceptors (Lipinski definition) is 7. The first-order valence-corrected chi connectivity index (χ1v) is 10.4. The number of aromatic hydroxyl groups is 1. The number of carbonyl (C=O) groups is 4. The van der Waals surface area contributed by atoms with E-state index < -0.39 is 48.6 Å². The second-order valence-corrected chi connectivity index (χ2v) is 8.05. The van der Waals surface area contributed by atoms with Crippen LogP contribution in [0.2, 0.25) is 0 Å². The van der Waals surface area contributed by atoms with Crippen molar-refractivity contribution in [3.8, 4) is 5.75 Å². The highest BCUT2D eigenvalue weighted by molar-refractivity contribution is 5.92. The van der Waals surface area contributed by atoms with Gasteiger partial charge in [0.1, 0.15) is 30.5 Å². The molecule has 1 aromatic rings.